The van der Waals surface area contributed by atoms with Gasteiger partial charge in [-0.05, 0) is 38.1 Å². The molecule has 0 amide bonds. The van der Waals surface area contributed by atoms with E-state index in [1.807, 2.05) is 0 Å². The third-order valence-electron chi connectivity index (χ3n) is 3.33. The number of alkyl halides is 1. The van der Waals surface area contributed by atoms with Crippen molar-refractivity contribution in [1.82, 2.24) is 5.32 Å². The summed E-state index contributed by atoms with van der Waals surface area (Å²) in [6, 6.07) is 0.188. The molecule has 0 aromatic carbocycles. The summed E-state index contributed by atoms with van der Waals surface area (Å²) in [5.41, 5.74) is 0. The van der Waals surface area contributed by atoms with E-state index < -0.39 is 6.17 Å². The van der Waals surface area contributed by atoms with E-state index in [4.69, 9.17) is 0 Å². The van der Waals surface area contributed by atoms with Crippen molar-refractivity contribution in [2.24, 2.45) is 5.92 Å². The summed E-state index contributed by atoms with van der Waals surface area (Å²) in [6.07, 6.45) is 6.40. The third-order valence-corrected chi connectivity index (χ3v) is 3.33. The molecule has 0 aromatic heterocycles. The van der Waals surface area contributed by atoms with Crippen molar-refractivity contribution in [2.45, 2.75) is 50.7 Å². The highest BCUT2D eigenvalue weighted by Gasteiger charge is 2.32. The standard InChI is InChI=1S/C10H18FN/c11-10(8-4-1-2-5-8)9-6-3-7-12-9/h8-10,12H,1-7H2. The van der Waals surface area contributed by atoms with Crippen LogP contribution in [-0.4, -0.2) is 18.8 Å². The lowest BCUT2D eigenvalue weighted by Gasteiger charge is -2.21. The van der Waals surface area contributed by atoms with Crippen LogP contribution in [0.25, 0.3) is 0 Å². The minimum absolute atomic E-state index is 0.188. The highest BCUT2D eigenvalue weighted by molar-refractivity contribution is 4.87. The van der Waals surface area contributed by atoms with Gasteiger partial charge in [-0.25, -0.2) is 4.39 Å². The Kier molecular flexibility index (Phi) is 2.64. The van der Waals surface area contributed by atoms with Crippen molar-refractivity contribution in [3.05, 3.63) is 0 Å². The fourth-order valence-electron chi connectivity index (χ4n) is 2.59. The smallest absolute Gasteiger partial charge is 0.118 e. The van der Waals surface area contributed by atoms with E-state index in [0.29, 0.717) is 5.92 Å². The minimum Gasteiger partial charge on any atom is -0.311 e. The molecule has 1 aliphatic heterocycles. The molecule has 2 atom stereocenters. The average Bonchev–Trinajstić information content (AvgIpc) is 2.77. The largest absolute Gasteiger partial charge is 0.311 e. The zero-order valence-corrected chi connectivity index (χ0v) is 7.56. The Bertz CT molecular complexity index is 121. The van der Waals surface area contributed by atoms with E-state index in [-0.39, 0.29) is 6.04 Å². The quantitative estimate of drug-likeness (QED) is 0.672. The van der Waals surface area contributed by atoms with Crippen LogP contribution >= 0.6 is 0 Å². The molecule has 1 saturated carbocycles. The highest BCUT2D eigenvalue weighted by Crippen LogP contribution is 2.32. The molecular formula is C10H18FN. The molecule has 1 N–H and O–H groups in total. The predicted octanol–water partition coefficient (Wildman–Crippen LogP) is 2.27. The minimum atomic E-state index is -0.560. The molecule has 2 rings (SSSR count). The SMILES string of the molecule is FC(C1CCCC1)C1CCCN1. The van der Waals surface area contributed by atoms with E-state index in [9.17, 15) is 4.39 Å². The van der Waals surface area contributed by atoms with Gasteiger partial charge in [0.25, 0.3) is 0 Å². The van der Waals surface area contributed by atoms with Crippen molar-refractivity contribution in [3.63, 3.8) is 0 Å². The maximum absolute atomic E-state index is 13.8. The summed E-state index contributed by atoms with van der Waals surface area (Å²) >= 11 is 0. The number of hydrogen-bond acceptors (Lipinski definition) is 1. The zero-order chi connectivity index (χ0) is 8.39. The van der Waals surface area contributed by atoms with E-state index in [0.717, 1.165) is 32.2 Å². The molecule has 2 fully saturated rings. The molecule has 1 saturated heterocycles. The second-order valence-electron chi connectivity index (χ2n) is 4.19. The topological polar surface area (TPSA) is 12.0 Å². The Morgan fingerprint density at radius 1 is 1.08 bits per heavy atom. The first-order chi connectivity index (χ1) is 5.88. The van der Waals surface area contributed by atoms with Crippen LogP contribution in [0.15, 0.2) is 0 Å². The van der Waals surface area contributed by atoms with Crippen LogP contribution in [0.3, 0.4) is 0 Å². The Labute approximate surface area is 73.7 Å². The van der Waals surface area contributed by atoms with Gasteiger partial charge in [0.05, 0.1) is 0 Å². The lowest BCUT2D eigenvalue weighted by Crippen LogP contribution is -2.36. The number of hydrogen-bond donors (Lipinski definition) is 1. The van der Waals surface area contributed by atoms with Gasteiger partial charge in [-0.15, -0.1) is 0 Å². The molecule has 70 valence electrons. The van der Waals surface area contributed by atoms with Crippen LogP contribution < -0.4 is 5.32 Å². The first-order valence-electron chi connectivity index (χ1n) is 5.25. The van der Waals surface area contributed by atoms with Crippen molar-refractivity contribution >= 4 is 0 Å². The molecule has 0 aromatic rings. The van der Waals surface area contributed by atoms with E-state index in [2.05, 4.69) is 5.32 Å². The first kappa shape index (κ1) is 8.49. The second kappa shape index (κ2) is 3.73. The van der Waals surface area contributed by atoms with Crippen LogP contribution in [0, 0.1) is 5.92 Å². The van der Waals surface area contributed by atoms with Gasteiger partial charge in [0, 0.05) is 6.04 Å². The lowest BCUT2D eigenvalue weighted by molar-refractivity contribution is 0.182. The van der Waals surface area contributed by atoms with Gasteiger partial charge in [-0.3, -0.25) is 0 Å². The van der Waals surface area contributed by atoms with Gasteiger partial charge in [0.2, 0.25) is 0 Å². The fraction of sp³-hybridized carbons (Fsp3) is 1.00. The van der Waals surface area contributed by atoms with Gasteiger partial charge >= 0.3 is 0 Å². The highest BCUT2D eigenvalue weighted by atomic mass is 19.1. The molecule has 1 nitrogen and oxygen atoms in total. The Morgan fingerprint density at radius 2 is 1.83 bits per heavy atom. The van der Waals surface area contributed by atoms with E-state index >= 15 is 0 Å². The van der Waals surface area contributed by atoms with Crippen LogP contribution in [0.1, 0.15) is 38.5 Å². The van der Waals surface area contributed by atoms with Crippen LogP contribution in [0.2, 0.25) is 0 Å². The van der Waals surface area contributed by atoms with Gasteiger partial charge in [0.15, 0.2) is 0 Å². The normalized spacial score (nSPS) is 34.2. The zero-order valence-electron chi connectivity index (χ0n) is 7.56. The molecule has 0 bridgehead atoms. The van der Waals surface area contributed by atoms with Crippen molar-refractivity contribution in [3.8, 4) is 0 Å². The monoisotopic (exact) mass is 171 g/mol. The average molecular weight is 171 g/mol. The summed E-state index contributed by atoms with van der Waals surface area (Å²) < 4.78 is 13.8. The van der Waals surface area contributed by atoms with Crippen LogP contribution in [-0.2, 0) is 0 Å². The maximum Gasteiger partial charge on any atom is 0.118 e. The molecule has 0 spiro atoms. The van der Waals surface area contributed by atoms with Crippen LogP contribution in [0.4, 0.5) is 4.39 Å². The van der Waals surface area contributed by atoms with Gasteiger partial charge < -0.3 is 5.32 Å². The number of halogens is 1. The third kappa shape index (κ3) is 1.63. The first-order valence-corrected chi connectivity index (χ1v) is 5.25. The Balaban J connectivity index is 1.84. The van der Waals surface area contributed by atoms with Gasteiger partial charge in [0.1, 0.15) is 6.17 Å². The second-order valence-corrected chi connectivity index (χ2v) is 4.19. The molecule has 2 heteroatoms. The maximum atomic E-state index is 13.8. The van der Waals surface area contributed by atoms with E-state index in [1.165, 1.54) is 12.8 Å². The summed E-state index contributed by atoms with van der Waals surface area (Å²) in [4.78, 5) is 0. The predicted molar refractivity (Wildman–Crippen MR) is 47.9 cm³/mol. The number of nitrogens with one attached hydrogen (secondary N) is 1. The summed E-state index contributed by atoms with van der Waals surface area (Å²) in [5, 5.41) is 3.26. The molecule has 12 heavy (non-hydrogen) atoms. The summed E-state index contributed by atoms with van der Waals surface area (Å²) in [7, 11) is 0. The van der Waals surface area contributed by atoms with Crippen molar-refractivity contribution < 1.29 is 4.39 Å². The Morgan fingerprint density at radius 3 is 2.42 bits per heavy atom. The van der Waals surface area contributed by atoms with Crippen molar-refractivity contribution in [2.75, 3.05) is 6.54 Å². The molecule has 1 aliphatic carbocycles. The van der Waals surface area contributed by atoms with Gasteiger partial charge in [-0.1, -0.05) is 12.8 Å². The van der Waals surface area contributed by atoms with Gasteiger partial charge in [-0.2, -0.15) is 0 Å². The number of rotatable bonds is 2. The van der Waals surface area contributed by atoms with Crippen molar-refractivity contribution in [1.29, 1.82) is 0 Å². The molecular weight excluding hydrogens is 153 g/mol. The summed E-state index contributed by atoms with van der Waals surface area (Å²) in [6.45, 7) is 1.03. The lowest BCUT2D eigenvalue weighted by atomic mass is 9.95. The molecule has 1 heterocycles. The fourth-order valence-corrected chi connectivity index (χ4v) is 2.59. The molecule has 2 aliphatic rings. The molecule has 0 radical (unpaired) electrons. The van der Waals surface area contributed by atoms with E-state index in [1.54, 1.807) is 0 Å². The summed E-state index contributed by atoms with van der Waals surface area (Å²) in [5.74, 6) is 0.376. The Hall–Kier alpha value is -0.110. The molecule has 2 unspecified atom stereocenters. The van der Waals surface area contributed by atoms with Crippen LogP contribution in [0.5, 0.6) is 0 Å².